The van der Waals surface area contributed by atoms with Gasteiger partial charge in [0, 0.05) is 39.4 Å². The number of benzene rings is 4. The summed E-state index contributed by atoms with van der Waals surface area (Å²) in [5, 5.41) is 0. The molecule has 0 N–H and O–H groups in total. The van der Waals surface area contributed by atoms with Gasteiger partial charge in [0.15, 0.2) is 5.82 Å². The number of allylic oxidation sites excluding steroid dienone is 4. The zero-order valence-corrected chi connectivity index (χ0v) is 27.1. The Labute approximate surface area is 283 Å². The number of rotatable bonds is 7. The molecular weight excluding hydrogens is 585 g/mol. The second-order valence-corrected chi connectivity index (χ2v) is 12.8. The van der Waals surface area contributed by atoms with E-state index in [1.54, 1.807) is 0 Å². The summed E-state index contributed by atoms with van der Waals surface area (Å²) in [5.41, 5.74) is 11.9. The van der Waals surface area contributed by atoms with Crippen LogP contribution >= 0.6 is 0 Å². The van der Waals surface area contributed by atoms with E-state index in [4.69, 9.17) is 19.9 Å². The predicted octanol–water partition coefficient (Wildman–Crippen LogP) is 11.4. The molecule has 0 radical (unpaired) electrons. The molecule has 0 atom stereocenters. The van der Waals surface area contributed by atoms with Crippen LogP contribution in [0.2, 0.25) is 0 Å². The van der Waals surface area contributed by atoms with Crippen molar-refractivity contribution in [3.8, 4) is 56.4 Å². The molecular formula is C44H38N4. The molecule has 4 nitrogen and oxygen atoms in total. The molecule has 0 bridgehead atoms. The fourth-order valence-corrected chi connectivity index (χ4v) is 6.99. The van der Waals surface area contributed by atoms with E-state index in [0.29, 0.717) is 5.92 Å². The Morgan fingerprint density at radius 3 is 1.69 bits per heavy atom. The minimum Gasteiger partial charge on any atom is -0.243 e. The Hall–Kier alpha value is -5.48. The van der Waals surface area contributed by atoms with Gasteiger partial charge in [0.1, 0.15) is 0 Å². The van der Waals surface area contributed by atoms with Crippen LogP contribution in [0.25, 0.3) is 62.0 Å². The van der Waals surface area contributed by atoms with Gasteiger partial charge >= 0.3 is 0 Å². The predicted molar refractivity (Wildman–Crippen MR) is 197 cm³/mol. The largest absolute Gasteiger partial charge is 0.243 e. The molecule has 6 aromatic rings. The summed E-state index contributed by atoms with van der Waals surface area (Å²) in [6, 6.07) is 42.1. The van der Waals surface area contributed by atoms with E-state index in [0.717, 1.165) is 86.2 Å². The first kappa shape index (κ1) is 29.9. The number of hydrogen-bond donors (Lipinski definition) is 0. The van der Waals surface area contributed by atoms with E-state index in [2.05, 4.69) is 127 Å². The van der Waals surface area contributed by atoms with Gasteiger partial charge < -0.3 is 0 Å². The lowest BCUT2D eigenvalue weighted by Crippen LogP contribution is -2.08. The fraction of sp³-hybridized carbons (Fsp3) is 0.182. The number of aromatic nitrogens is 4. The van der Waals surface area contributed by atoms with Crippen LogP contribution in [0.4, 0.5) is 0 Å². The summed E-state index contributed by atoms with van der Waals surface area (Å²) in [7, 11) is 0. The summed E-state index contributed by atoms with van der Waals surface area (Å²) in [6.07, 6.45) is 14.9. The van der Waals surface area contributed by atoms with Gasteiger partial charge in [-0.05, 0) is 43.4 Å². The van der Waals surface area contributed by atoms with Gasteiger partial charge in [-0.1, -0.05) is 147 Å². The van der Waals surface area contributed by atoms with Gasteiger partial charge in [0.05, 0.1) is 28.5 Å². The van der Waals surface area contributed by atoms with Crippen LogP contribution in [0.5, 0.6) is 0 Å². The first-order valence-corrected chi connectivity index (χ1v) is 17.3. The van der Waals surface area contributed by atoms with Crippen LogP contribution < -0.4 is 0 Å². The smallest absolute Gasteiger partial charge is 0.160 e. The standard InChI is InChI=1S/C44H38N4/c1-6-17-31(18-7-1)38-30-39(32-19-8-2-9-20-32)46-44(45-38)37-28-16-27-36(29-37)43-42(35-25-14-5-15-26-35)47-40(33-21-10-3-11-22-33)41(48-43)34-23-12-4-13-24-34/h1,3-4,6-7,10-14,16-18,21-30,32H,2,5,8-9,15,19-20H2. The second-order valence-electron chi connectivity index (χ2n) is 12.8. The highest BCUT2D eigenvalue weighted by Gasteiger charge is 2.22. The van der Waals surface area contributed by atoms with E-state index >= 15 is 0 Å². The number of nitrogens with zero attached hydrogens (tertiary/aromatic N) is 4. The van der Waals surface area contributed by atoms with Crippen LogP contribution in [-0.2, 0) is 0 Å². The van der Waals surface area contributed by atoms with Gasteiger partial charge in [-0.15, -0.1) is 0 Å². The minimum absolute atomic E-state index is 0.465. The lowest BCUT2D eigenvalue weighted by Gasteiger charge is -2.22. The molecule has 0 aliphatic heterocycles. The van der Waals surface area contributed by atoms with Crippen molar-refractivity contribution >= 4 is 5.57 Å². The summed E-state index contributed by atoms with van der Waals surface area (Å²) in [6.45, 7) is 0. The maximum absolute atomic E-state index is 5.48. The van der Waals surface area contributed by atoms with Crippen molar-refractivity contribution in [2.45, 2.75) is 50.9 Å². The Morgan fingerprint density at radius 2 is 1.04 bits per heavy atom. The zero-order valence-electron chi connectivity index (χ0n) is 27.1. The molecule has 1 saturated carbocycles. The molecule has 4 heteroatoms. The zero-order chi connectivity index (χ0) is 32.1. The molecule has 0 amide bonds. The SMILES string of the molecule is C1=CC(c2nc(-c3ccccc3)c(-c3ccccc3)nc2-c2cccc(-c3nc(-c4ccccc4)cc(C4CCCCC4)n3)c2)=CCC1. The quantitative estimate of drug-likeness (QED) is 0.178. The lowest BCUT2D eigenvalue weighted by molar-refractivity contribution is 0.436. The lowest BCUT2D eigenvalue weighted by atomic mass is 9.86. The Morgan fingerprint density at radius 1 is 0.458 bits per heavy atom. The second kappa shape index (κ2) is 13.7. The van der Waals surface area contributed by atoms with Gasteiger partial charge in [-0.25, -0.2) is 19.9 Å². The van der Waals surface area contributed by atoms with Crippen molar-refractivity contribution < 1.29 is 0 Å². The molecule has 234 valence electrons. The molecule has 4 aromatic carbocycles. The van der Waals surface area contributed by atoms with Gasteiger partial charge in [0.25, 0.3) is 0 Å². The average Bonchev–Trinajstić information content (AvgIpc) is 3.19. The van der Waals surface area contributed by atoms with Crippen LogP contribution in [0.1, 0.15) is 62.3 Å². The van der Waals surface area contributed by atoms with Gasteiger partial charge in [0.2, 0.25) is 0 Å². The Bertz CT molecular complexity index is 2090. The maximum atomic E-state index is 5.48. The van der Waals surface area contributed by atoms with Crippen LogP contribution in [0.3, 0.4) is 0 Å². The third kappa shape index (κ3) is 6.26. The molecule has 0 saturated heterocycles. The normalized spacial score (nSPS) is 14.9. The molecule has 2 aromatic heterocycles. The number of hydrogen-bond acceptors (Lipinski definition) is 4. The maximum Gasteiger partial charge on any atom is 0.160 e. The topological polar surface area (TPSA) is 51.6 Å². The van der Waals surface area contributed by atoms with E-state index in [9.17, 15) is 0 Å². The Kier molecular flexibility index (Phi) is 8.54. The summed E-state index contributed by atoms with van der Waals surface area (Å²) in [4.78, 5) is 21.3. The minimum atomic E-state index is 0.465. The molecule has 2 aliphatic carbocycles. The average molecular weight is 623 g/mol. The first-order valence-electron chi connectivity index (χ1n) is 17.3. The van der Waals surface area contributed by atoms with E-state index < -0.39 is 0 Å². The highest BCUT2D eigenvalue weighted by molar-refractivity contribution is 5.88. The van der Waals surface area contributed by atoms with Crippen molar-refractivity contribution in [2.24, 2.45) is 0 Å². The molecule has 2 heterocycles. The summed E-state index contributed by atoms with van der Waals surface area (Å²) in [5.74, 6) is 1.22. The summed E-state index contributed by atoms with van der Waals surface area (Å²) >= 11 is 0. The van der Waals surface area contributed by atoms with Crippen molar-refractivity contribution in [1.82, 2.24) is 19.9 Å². The van der Waals surface area contributed by atoms with E-state index in [1.807, 2.05) is 12.1 Å². The van der Waals surface area contributed by atoms with E-state index in [1.165, 1.54) is 32.1 Å². The van der Waals surface area contributed by atoms with Crippen molar-refractivity contribution in [3.05, 3.63) is 151 Å². The highest BCUT2D eigenvalue weighted by Crippen LogP contribution is 2.38. The molecule has 0 spiro atoms. The van der Waals surface area contributed by atoms with Crippen molar-refractivity contribution in [3.63, 3.8) is 0 Å². The highest BCUT2D eigenvalue weighted by atomic mass is 14.9. The third-order valence-electron chi connectivity index (χ3n) is 9.49. The molecule has 2 aliphatic rings. The summed E-state index contributed by atoms with van der Waals surface area (Å²) < 4.78 is 0. The molecule has 8 rings (SSSR count). The van der Waals surface area contributed by atoms with Gasteiger partial charge in [-0.2, -0.15) is 0 Å². The van der Waals surface area contributed by atoms with E-state index in [-0.39, 0.29) is 0 Å². The van der Waals surface area contributed by atoms with Crippen molar-refractivity contribution in [1.29, 1.82) is 0 Å². The first-order chi connectivity index (χ1) is 23.8. The molecule has 0 unspecified atom stereocenters. The fourth-order valence-electron chi connectivity index (χ4n) is 6.99. The van der Waals surface area contributed by atoms with Gasteiger partial charge in [-0.3, -0.25) is 0 Å². The van der Waals surface area contributed by atoms with Crippen LogP contribution in [0, 0.1) is 0 Å². The molecule has 48 heavy (non-hydrogen) atoms. The Balaban J connectivity index is 1.31. The molecule has 1 fully saturated rings. The third-order valence-corrected chi connectivity index (χ3v) is 9.49. The van der Waals surface area contributed by atoms with Crippen LogP contribution in [0.15, 0.2) is 140 Å². The van der Waals surface area contributed by atoms with Crippen LogP contribution in [-0.4, -0.2) is 19.9 Å². The monoisotopic (exact) mass is 622 g/mol. The van der Waals surface area contributed by atoms with Crippen molar-refractivity contribution in [2.75, 3.05) is 0 Å².